The van der Waals surface area contributed by atoms with Gasteiger partial charge in [0, 0.05) is 29.9 Å². The van der Waals surface area contributed by atoms with Crippen LogP contribution in [0.2, 0.25) is 0 Å². The first kappa shape index (κ1) is 13.6. The smallest absolute Gasteiger partial charge is 0.297 e. The van der Waals surface area contributed by atoms with Gasteiger partial charge >= 0.3 is 0 Å². The molecule has 2 aromatic heterocycles. The second-order valence-electron chi connectivity index (χ2n) is 3.49. The van der Waals surface area contributed by atoms with Crippen LogP contribution >= 0.6 is 27.3 Å². The fraction of sp³-hybridized carbons (Fsp3) is 0.100. The van der Waals surface area contributed by atoms with Crippen LogP contribution in [0.3, 0.4) is 0 Å². The predicted octanol–water partition coefficient (Wildman–Crippen LogP) is 2.83. The number of anilines is 1. The molecule has 0 atom stereocenters. The normalized spacial score (nSPS) is 10.2. The summed E-state index contributed by atoms with van der Waals surface area (Å²) in [5.41, 5.74) is 0.106. The number of nitrogens with one attached hydrogen (secondary N) is 1. The highest BCUT2D eigenvalue weighted by molar-refractivity contribution is 9.10. The molecule has 0 aliphatic rings. The molecule has 0 aromatic carbocycles. The Labute approximate surface area is 120 Å². The van der Waals surface area contributed by atoms with Gasteiger partial charge < -0.3 is 5.32 Å². The van der Waals surface area contributed by atoms with Gasteiger partial charge in [0.05, 0.1) is 9.80 Å². The van der Waals surface area contributed by atoms with Gasteiger partial charge in [0.1, 0.15) is 0 Å². The number of pyridine rings is 1. The molecule has 0 aliphatic carbocycles. The fourth-order valence-electron chi connectivity index (χ4n) is 1.35. The average molecular weight is 343 g/mol. The van der Waals surface area contributed by atoms with Crippen LogP contribution in [-0.2, 0) is 4.79 Å². The summed E-state index contributed by atoms with van der Waals surface area (Å²) in [6.45, 7) is 1.36. The summed E-state index contributed by atoms with van der Waals surface area (Å²) in [5, 5.41) is 13.9. The fourth-order valence-corrected chi connectivity index (χ4v) is 2.54. The van der Waals surface area contributed by atoms with Crippen LogP contribution in [0.4, 0.5) is 10.8 Å². The molecule has 2 rings (SSSR count). The second-order valence-corrected chi connectivity index (χ2v) is 5.44. The average Bonchev–Trinajstić information content (AvgIpc) is 2.76. The summed E-state index contributed by atoms with van der Waals surface area (Å²) in [6, 6.07) is 1.38. The first-order valence-corrected chi connectivity index (χ1v) is 6.62. The van der Waals surface area contributed by atoms with E-state index in [2.05, 4.69) is 31.2 Å². The van der Waals surface area contributed by atoms with Crippen molar-refractivity contribution < 1.29 is 9.72 Å². The number of amides is 1. The number of aromatic nitrogens is 2. The number of hydrogen-bond acceptors (Lipinski definition) is 6. The number of nitro groups is 1. The van der Waals surface area contributed by atoms with Crippen molar-refractivity contribution in [2.24, 2.45) is 0 Å². The van der Waals surface area contributed by atoms with Crippen LogP contribution in [0, 0.1) is 10.1 Å². The molecule has 7 nitrogen and oxygen atoms in total. The predicted molar refractivity (Wildman–Crippen MR) is 74.0 cm³/mol. The minimum Gasteiger partial charge on any atom is -0.302 e. The lowest BCUT2D eigenvalue weighted by Crippen LogP contribution is -2.04. The molecule has 0 fully saturated rings. The first-order chi connectivity index (χ1) is 8.97. The molecule has 0 spiro atoms. The van der Waals surface area contributed by atoms with Crippen molar-refractivity contribution in [3.63, 3.8) is 0 Å². The number of carbonyl (C=O) groups excluding carboxylic acids is 1. The highest BCUT2D eigenvalue weighted by atomic mass is 79.9. The summed E-state index contributed by atoms with van der Waals surface area (Å²) in [4.78, 5) is 29.9. The Morgan fingerprint density at radius 3 is 2.84 bits per heavy atom. The van der Waals surface area contributed by atoms with Crippen LogP contribution in [-0.4, -0.2) is 20.8 Å². The minimum atomic E-state index is -0.509. The number of rotatable bonds is 3. The Balaban J connectivity index is 2.44. The van der Waals surface area contributed by atoms with Gasteiger partial charge in [-0.15, -0.1) is 0 Å². The van der Waals surface area contributed by atoms with E-state index in [1.165, 1.54) is 25.4 Å². The van der Waals surface area contributed by atoms with Crippen LogP contribution in [0.5, 0.6) is 0 Å². The molecule has 2 heterocycles. The third kappa shape index (κ3) is 3.12. The zero-order valence-corrected chi connectivity index (χ0v) is 12.0. The van der Waals surface area contributed by atoms with Gasteiger partial charge in [-0.2, -0.15) is 0 Å². The van der Waals surface area contributed by atoms with Crippen LogP contribution < -0.4 is 5.32 Å². The maximum Gasteiger partial charge on any atom is 0.297 e. The minimum absolute atomic E-state index is 0.118. The van der Waals surface area contributed by atoms with Crippen molar-refractivity contribution in [2.75, 3.05) is 5.32 Å². The molecule has 0 radical (unpaired) electrons. The van der Waals surface area contributed by atoms with E-state index in [0.717, 1.165) is 11.3 Å². The summed E-state index contributed by atoms with van der Waals surface area (Å²) >= 11 is 4.27. The summed E-state index contributed by atoms with van der Waals surface area (Å²) in [6.07, 6.45) is 2.92. The third-order valence-electron chi connectivity index (χ3n) is 2.05. The number of thiazole rings is 1. The maximum atomic E-state index is 11.0. The van der Waals surface area contributed by atoms with Crippen molar-refractivity contribution in [1.82, 2.24) is 9.97 Å². The molecule has 0 unspecified atom stereocenters. The Morgan fingerprint density at radius 1 is 1.47 bits per heavy atom. The Morgan fingerprint density at radius 2 is 2.21 bits per heavy atom. The first-order valence-electron chi connectivity index (χ1n) is 5.01. The Kier molecular flexibility index (Phi) is 3.86. The summed E-state index contributed by atoms with van der Waals surface area (Å²) < 4.78 is 0.523. The van der Waals surface area contributed by atoms with Crippen LogP contribution in [0.1, 0.15) is 6.92 Å². The molecule has 0 bridgehead atoms. The molecule has 0 saturated heterocycles. The quantitative estimate of drug-likeness (QED) is 0.683. The van der Waals surface area contributed by atoms with E-state index >= 15 is 0 Å². The van der Waals surface area contributed by atoms with Crippen molar-refractivity contribution in [3.05, 3.63) is 33.0 Å². The van der Waals surface area contributed by atoms with Gasteiger partial charge in [0.2, 0.25) is 5.91 Å². The van der Waals surface area contributed by atoms with Gasteiger partial charge in [0.25, 0.3) is 5.69 Å². The van der Waals surface area contributed by atoms with E-state index in [1.54, 1.807) is 0 Å². The molecule has 1 amide bonds. The zero-order valence-electron chi connectivity index (χ0n) is 9.58. The molecule has 0 aliphatic heterocycles. The molecule has 2 aromatic rings. The van der Waals surface area contributed by atoms with Gasteiger partial charge in [-0.05, 0) is 15.9 Å². The van der Waals surface area contributed by atoms with Crippen molar-refractivity contribution >= 4 is 44.0 Å². The van der Waals surface area contributed by atoms with E-state index in [-0.39, 0.29) is 17.3 Å². The molecule has 9 heteroatoms. The van der Waals surface area contributed by atoms with Gasteiger partial charge in [-0.25, -0.2) is 9.97 Å². The lowest BCUT2D eigenvalue weighted by atomic mass is 10.3. The van der Waals surface area contributed by atoms with Crippen LogP contribution in [0.15, 0.2) is 22.9 Å². The van der Waals surface area contributed by atoms with Gasteiger partial charge in [-0.1, -0.05) is 11.3 Å². The third-order valence-corrected chi connectivity index (χ3v) is 3.41. The Bertz CT molecular complexity index is 658. The van der Waals surface area contributed by atoms with Crippen molar-refractivity contribution in [1.29, 1.82) is 0 Å². The molecule has 98 valence electrons. The largest absolute Gasteiger partial charge is 0.302 e. The van der Waals surface area contributed by atoms with Gasteiger partial charge in [0.15, 0.2) is 10.8 Å². The number of nitrogens with zero attached hydrogens (tertiary/aromatic N) is 3. The van der Waals surface area contributed by atoms with E-state index in [1.807, 2.05) is 0 Å². The monoisotopic (exact) mass is 342 g/mol. The number of carbonyl (C=O) groups is 1. The molecule has 0 saturated carbocycles. The molecular formula is C10H7BrN4O3S. The highest BCUT2D eigenvalue weighted by Gasteiger charge is 2.19. The topological polar surface area (TPSA) is 98.0 Å². The van der Waals surface area contributed by atoms with E-state index in [4.69, 9.17) is 0 Å². The maximum absolute atomic E-state index is 11.0. The SMILES string of the molecule is CC(=O)Nc1ncc(-c2ncc(Br)cc2[N+](=O)[O-])s1. The number of halogens is 1. The van der Waals surface area contributed by atoms with E-state index in [9.17, 15) is 14.9 Å². The summed E-state index contributed by atoms with van der Waals surface area (Å²) in [5.74, 6) is -0.251. The standard InChI is InChI=1S/C10H7BrN4O3S/c1-5(16)14-10-13-4-8(19-10)9-7(15(17)18)2-6(11)3-12-9/h2-4H,1H3,(H,13,14,16). The summed E-state index contributed by atoms with van der Waals surface area (Å²) in [7, 11) is 0. The molecular weight excluding hydrogens is 336 g/mol. The van der Waals surface area contributed by atoms with Crippen molar-refractivity contribution in [3.8, 4) is 10.6 Å². The molecule has 19 heavy (non-hydrogen) atoms. The zero-order chi connectivity index (χ0) is 14.0. The Hall–Kier alpha value is -1.87. The van der Waals surface area contributed by atoms with Gasteiger partial charge in [-0.3, -0.25) is 14.9 Å². The van der Waals surface area contributed by atoms with Crippen molar-refractivity contribution in [2.45, 2.75) is 6.92 Å². The van der Waals surface area contributed by atoms with Crippen LogP contribution in [0.25, 0.3) is 10.6 Å². The second kappa shape index (κ2) is 5.41. The number of hydrogen-bond donors (Lipinski definition) is 1. The lowest BCUT2D eigenvalue weighted by molar-refractivity contribution is -0.384. The van der Waals surface area contributed by atoms with E-state index in [0.29, 0.717) is 14.5 Å². The molecule has 1 N–H and O–H groups in total. The lowest BCUT2D eigenvalue weighted by Gasteiger charge is -1.99. The highest BCUT2D eigenvalue weighted by Crippen LogP contribution is 2.34. The van der Waals surface area contributed by atoms with E-state index < -0.39 is 4.92 Å².